The van der Waals surface area contributed by atoms with Crippen LogP contribution in [-0.4, -0.2) is 11.3 Å². The number of hydrogen-bond donors (Lipinski definition) is 1. The molecule has 0 atom stereocenters. The van der Waals surface area contributed by atoms with Crippen molar-refractivity contribution >= 4 is 30.5 Å². The number of para-hydroxylation sites is 1. The maximum atomic E-state index is 9.54. The molecule has 0 fully saturated rings. The molecule has 0 aromatic heterocycles. The number of aromatic hydroxyl groups is 1. The minimum absolute atomic E-state index is 0.248. The van der Waals surface area contributed by atoms with Crippen molar-refractivity contribution in [3.8, 4) is 5.75 Å². The Labute approximate surface area is 129 Å². The summed E-state index contributed by atoms with van der Waals surface area (Å²) in [6, 6.07) is 15.1. The van der Waals surface area contributed by atoms with Crippen LogP contribution in [0.1, 0.15) is 11.1 Å². The van der Waals surface area contributed by atoms with Crippen molar-refractivity contribution in [3.63, 3.8) is 0 Å². The van der Waals surface area contributed by atoms with Crippen LogP contribution < -0.4 is 0 Å². The molecule has 0 spiro atoms. The van der Waals surface area contributed by atoms with Gasteiger partial charge in [-0.1, -0.05) is 29.8 Å². The maximum absolute atomic E-state index is 9.54. The van der Waals surface area contributed by atoms with Gasteiger partial charge < -0.3 is 5.11 Å². The van der Waals surface area contributed by atoms with Crippen LogP contribution in [0.2, 0.25) is 0 Å². The molecule has 0 radical (unpaired) electrons. The fraction of sp³-hybridized carbons (Fsp3) is 0.0714. The van der Waals surface area contributed by atoms with Gasteiger partial charge in [0.05, 0.1) is 5.69 Å². The Morgan fingerprint density at radius 2 is 1.63 bits per heavy atom. The van der Waals surface area contributed by atoms with E-state index >= 15 is 0 Å². The summed E-state index contributed by atoms with van der Waals surface area (Å²) in [6.45, 7) is 2.04. The van der Waals surface area contributed by atoms with Crippen molar-refractivity contribution < 1.29 is 22.1 Å². The van der Waals surface area contributed by atoms with Crippen molar-refractivity contribution in [1.29, 1.82) is 0 Å². The number of benzene rings is 2. The van der Waals surface area contributed by atoms with Gasteiger partial charge in [0.1, 0.15) is 5.75 Å². The molecule has 0 heterocycles. The number of phenolic OH excluding ortho intramolecular Hbond substituents is 1. The zero-order valence-corrected chi connectivity index (χ0v) is 13.4. The predicted octanol–water partition coefficient (Wildman–Crippen LogP) is 4.83. The fourth-order valence-corrected chi connectivity index (χ4v) is 1.37. The van der Waals surface area contributed by atoms with Gasteiger partial charge in [-0.25, -0.2) is 0 Å². The molecule has 98 valence electrons. The molecule has 2 aromatic carbocycles. The molecule has 2 aromatic rings. The molecule has 0 aliphatic rings. The first kappa shape index (κ1) is 16.3. The standard InChI is InChI=1S/C14H13NO.2ClH.Ti/c1-11-6-8-13(9-7-11)15-10-12-4-2-3-5-14(12)16;;;/h2-10,16H,1H3;2*1H;/q;;;+2/p-2. The monoisotopic (exact) mass is 329 g/mol. The summed E-state index contributed by atoms with van der Waals surface area (Å²) >= 11 is -0.556. The average molecular weight is 330 g/mol. The van der Waals surface area contributed by atoms with Gasteiger partial charge in [0.15, 0.2) is 0 Å². The van der Waals surface area contributed by atoms with Gasteiger partial charge in [-0.05, 0) is 31.2 Å². The summed E-state index contributed by atoms with van der Waals surface area (Å²) in [5.74, 6) is 0.248. The molecule has 2 nitrogen and oxygen atoms in total. The molecule has 0 saturated heterocycles. The molecule has 0 aliphatic carbocycles. The molecule has 1 N–H and O–H groups in total. The number of aliphatic imine (C=N–C) groups is 1. The Balaban J connectivity index is 0.000000550. The summed E-state index contributed by atoms with van der Waals surface area (Å²) in [7, 11) is 9.78. The van der Waals surface area contributed by atoms with E-state index in [0.717, 1.165) is 11.3 Å². The molecule has 0 saturated carbocycles. The average Bonchev–Trinajstić information content (AvgIpc) is 2.41. The van der Waals surface area contributed by atoms with Gasteiger partial charge in [-0.3, -0.25) is 4.99 Å². The Morgan fingerprint density at radius 3 is 2.21 bits per heavy atom. The molecule has 0 bridgehead atoms. The first-order valence-corrected chi connectivity index (χ1v) is 9.82. The van der Waals surface area contributed by atoms with E-state index in [2.05, 4.69) is 4.99 Å². The third-order valence-electron chi connectivity index (χ3n) is 2.32. The van der Waals surface area contributed by atoms with Gasteiger partial charge in [-0.15, -0.1) is 0 Å². The quantitative estimate of drug-likeness (QED) is 0.621. The Morgan fingerprint density at radius 1 is 1.05 bits per heavy atom. The second-order valence-electron chi connectivity index (χ2n) is 3.72. The number of hydrogen-bond acceptors (Lipinski definition) is 2. The van der Waals surface area contributed by atoms with E-state index in [0.29, 0.717) is 0 Å². The van der Waals surface area contributed by atoms with Gasteiger partial charge in [0.2, 0.25) is 0 Å². The topological polar surface area (TPSA) is 32.6 Å². The summed E-state index contributed by atoms with van der Waals surface area (Å²) in [5.41, 5.74) is 2.82. The van der Waals surface area contributed by atoms with Crippen LogP contribution in [-0.2, 0) is 17.0 Å². The molecular weight excluding hydrogens is 317 g/mol. The van der Waals surface area contributed by atoms with E-state index < -0.39 is 17.0 Å². The predicted molar refractivity (Wildman–Crippen MR) is 78.2 cm³/mol. The second kappa shape index (κ2) is 9.16. The van der Waals surface area contributed by atoms with E-state index in [4.69, 9.17) is 18.6 Å². The molecule has 0 amide bonds. The summed E-state index contributed by atoms with van der Waals surface area (Å²) in [5, 5.41) is 9.54. The summed E-state index contributed by atoms with van der Waals surface area (Å²) in [6.07, 6.45) is 1.67. The Kier molecular flexibility index (Phi) is 7.84. The number of nitrogens with zero attached hydrogens (tertiary/aromatic N) is 1. The first-order chi connectivity index (χ1) is 9.17. The van der Waals surface area contributed by atoms with E-state index in [1.807, 2.05) is 43.3 Å². The van der Waals surface area contributed by atoms with Crippen LogP contribution in [0.5, 0.6) is 5.75 Å². The third-order valence-corrected chi connectivity index (χ3v) is 2.32. The number of aryl methyl sites for hydroxylation is 1. The fourth-order valence-electron chi connectivity index (χ4n) is 1.37. The van der Waals surface area contributed by atoms with E-state index in [-0.39, 0.29) is 5.75 Å². The van der Waals surface area contributed by atoms with Gasteiger partial charge in [-0.2, -0.15) is 0 Å². The number of rotatable bonds is 2. The Hall–Kier alpha value is -0.796. The minimum atomic E-state index is -0.556. The zero-order valence-electron chi connectivity index (χ0n) is 10.3. The molecule has 2 rings (SSSR count). The van der Waals surface area contributed by atoms with Gasteiger partial charge in [0, 0.05) is 11.8 Å². The molecular formula is C14H13Cl2NOTi. The number of phenols is 1. The van der Waals surface area contributed by atoms with Crippen LogP contribution in [0.25, 0.3) is 0 Å². The third kappa shape index (κ3) is 6.26. The summed E-state index contributed by atoms with van der Waals surface area (Å²) < 4.78 is 0. The second-order valence-corrected chi connectivity index (χ2v) is 6.30. The first-order valence-electron chi connectivity index (χ1n) is 5.52. The zero-order chi connectivity index (χ0) is 14.1. The SMILES string of the molecule is Cc1ccc(N=Cc2ccccc2O)cc1.[Cl][Ti][Cl]. The van der Waals surface area contributed by atoms with Crippen LogP contribution in [0.4, 0.5) is 5.69 Å². The van der Waals surface area contributed by atoms with Gasteiger partial charge >= 0.3 is 35.6 Å². The van der Waals surface area contributed by atoms with Crippen molar-refractivity contribution in [2.24, 2.45) is 4.99 Å². The normalized spacial score (nSPS) is 9.84. The Bertz CT molecular complexity index is 529. The number of halogens is 2. The summed E-state index contributed by atoms with van der Waals surface area (Å²) in [4.78, 5) is 4.29. The van der Waals surface area contributed by atoms with Crippen LogP contribution in [0.3, 0.4) is 0 Å². The van der Waals surface area contributed by atoms with Crippen LogP contribution >= 0.6 is 18.6 Å². The van der Waals surface area contributed by atoms with Crippen molar-refractivity contribution in [1.82, 2.24) is 0 Å². The molecule has 0 aliphatic heterocycles. The molecule has 0 unspecified atom stereocenters. The van der Waals surface area contributed by atoms with Crippen LogP contribution in [0.15, 0.2) is 53.5 Å². The van der Waals surface area contributed by atoms with Crippen LogP contribution in [0, 0.1) is 6.92 Å². The van der Waals surface area contributed by atoms with Gasteiger partial charge in [0.25, 0.3) is 0 Å². The molecule has 19 heavy (non-hydrogen) atoms. The van der Waals surface area contributed by atoms with Crippen molar-refractivity contribution in [2.45, 2.75) is 6.92 Å². The van der Waals surface area contributed by atoms with E-state index in [9.17, 15) is 5.11 Å². The van der Waals surface area contributed by atoms with E-state index in [1.165, 1.54) is 5.56 Å². The van der Waals surface area contributed by atoms with Crippen molar-refractivity contribution in [3.05, 3.63) is 59.7 Å². The molecule has 5 heteroatoms. The van der Waals surface area contributed by atoms with E-state index in [1.54, 1.807) is 18.3 Å². The van der Waals surface area contributed by atoms with Crippen molar-refractivity contribution in [2.75, 3.05) is 0 Å².